The Balaban J connectivity index is 2.47. The Hall–Kier alpha value is -1.77. The summed E-state index contributed by atoms with van der Waals surface area (Å²) in [6.45, 7) is 5.95. The lowest BCUT2D eigenvalue weighted by atomic mass is 10.0. The number of rotatable bonds is 4. The Bertz CT molecular complexity index is 357. The van der Waals surface area contributed by atoms with Crippen LogP contribution >= 0.6 is 0 Å². The number of nitrogens with zero attached hydrogens (tertiary/aromatic N) is 3. The van der Waals surface area contributed by atoms with Crippen LogP contribution in [0, 0.1) is 17.2 Å². The first kappa shape index (κ1) is 15.3. The Morgan fingerprint density at radius 2 is 1.79 bits per heavy atom. The van der Waals surface area contributed by atoms with E-state index < -0.39 is 5.92 Å². The lowest BCUT2D eigenvalue weighted by Gasteiger charge is -2.34. The zero-order valence-corrected chi connectivity index (χ0v) is 11.6. The van der Waals surface area contributed by atoms with Crippen LogP contribution in [0.5, 0.6) is 0 Å². The predicted molar refractivity (Wildman–Crippen MR) is 69.2 cm³/mol. The highest BCUT2D eigenvalue weighted by Gasteiger charge is 2.28. The highest BCUT2D eigenvalue weighted by Crippen LogP contribution is 2.12. The highest BCUT2D eigenvalue weighted by molar-refractivity contribution is 5.81. The molecule has 19 heavy (non-hydrogen) atoms. The normalized spacial score (nSPS) is 16.7. The summed E-state index contributed by atoms with van der Waals surface area (Å²) in [5.41, 5.74) is 0. The Morgan fingerprint density at radius 1 is 1.21 bits per heavy atom. The van der Waals surface area contributed by atoms with Crippen LogP contribution in [0.15, 0.2) is 0 Å². The fourth-order valence-electron chi connectivity index (χ4n) is 2.08. The Morgan fingerprint density at radius 3 is 2.26 bits per heavy atom. The van der Waals surface area contributed by atoms with E-state index in [2.05, 4.69) is 6.07 Å². The van der Waals surface area contributed by atoms with Gasteiger partial charge < -0.3 is 14.5 Å². The lowest BCUT2D eigenvalue weighted by Crippen LogP contribution is -2.52. The molecule has 1 unspecified atom stereocenters. The van der Waals surface area contributed by atoms with E-state index in [0.717, 1.165) is 6.42 Å². The van der Waals surface area contributed by atoms with Crippen molar-refractivity contribution in [2.45, 2.75) is 26.7 Å². The standard InChI is InChI=1S/C13H21N3O3/c1-3-5-11(10-14)12(17)15-6-8-16(9-7-15)13(18)19-4-2/h11H,3-9H2,1-2H3. The molecule has 0 aromatic carbocycles. The summed E-state index contributed by atoms with van der Waals surface area (Å²) < 4.78 is 4.92. The molecule has 0 N–H and O–H groups in total. The molecular formula is C13H21N3O3. The van der Waals surface area contributed by atoms with Gasteiger partial charge in [0, 0.05) is 26.2 Å². The van der Waals surface area contributed by atoms with Crippen molar-refractivity contribution >= 4 is 12.0 Å². The van der Waals surface area contributed by atoms with Crippen LogP contribution in [0.2, 0.25) is 0 Å². The van der Waals surface area contributed by atoms with Crippen molar-refractivity contribution in [3.8, 4) is 6.07 Å². The zero-order valence-electron chi connectivity index (χ0n) is 11.6. The molecule has 1 atom stereocenters. The van der Waals surface area contributed by atoms with Crippen LogP contribution in [0.3, 0.4) is 0 Å². The van der Waals surface area contributed by atoms with Gasteiger partial charge in [0.25, 0.3) is 0 Å². The maximum atomic E-state index is 12.1. The maximum Gasteiger partial charge on any atom is 0.409 e. The summed E-state index contributed by atoms with van der Waals surface area (Å²) in [5, 5.41) is 8.99. The largest absolute Gasteiger partial charge is 0.450 e. The van der Waals surface area contributed by atoms with Crippen LogP contribution in [-0.4, -0.2) is 54.6 Å². The number of carbonyl (C=O) groups excluding carboxylic acids is 2. The third-order valence-corrected chi connectivity index (χ3v) is 3.15. The first-order valence-corrected chi connectivity index (χ1v) is 6.74. The van der Waals surface area contributed by atoms with Gasteiger partial charge in [-0.2, -0.15) is 5.26 Å². The molecule has 0 aromatic heterocycles. The molecule has 0 radical (unpaired) electrons. The average molecular weight is 267 g/mol. The molecular weight excluding hydrogens is 246 g/mol. The van der Waals surface area contributed by atoms with Crippen LogP contribution < -0.4 is 0 Å². The summed E-state index contributed by atoms with van der Waals surface area (Å²) in [6, 6.07) is 2.06. The van der Waals surface area contributed by atoms with Crippen molar-refractivity contribution in [3.63, 3.8) is 0 Å². The summed E-state index contributed by atoms with van der Waals surface area (Å²) >= 11 is 0. The fraction of sp³-hybridized carbons (Fsp3) is 0.769. The Kier molecular flexibility index (Phi) is 6.13. The number of ether oxygens (including phenoxy) is 1. The van der Waals surface area contributed by atoms with Gasteiger partial charge in [0.05, 0.1) is 12.7 Å². The van der Waals surface area contributed by atoms with E-state index in [9.17, 15) is 9.59 Å². The summed E-state index contributed by atoms with van der Waals surface area (Å²) in [6.07, 6.45) is 1.07. The highest BCUT2D eigenvalue weighted by atomic mass is 16.6. The number of piperazine rings is 1. The summed E-state index contributed by atoms with van der Waals surface area (Å²) in [7, 11) is 0. The van der Waals surface area contributed by atoms with Crippen LogP contribution in [0.25, 0.3) is 0 Å². The van der Waals surface area contributed by atoms with Gasteiger partial charge in [0.15, 0.2) is 0 Å². The molecule has 1 saturated heterocycles. The molecule has 0 aliphatic carbocycles. The monoisotopic (exact) mass is 267 g/mol. The molecule has 0 saturated carbocycles. The molecule has 1 rings (SSSR count). The zero-order chi connectivity index (χ0) is 14.3. The van der Waals surface area contributed by atoms with Gasteiger partial charge in [-0.15, -0.1) is 0 Å². The van der Waals surface area contributed by atoms with Crippen molar-refractivity contribution in [3.05, 3.63) is 0 Å². The molecule has 6 nitrogen and oxygen atoms in total. The van der Waals surface area contributed by atoms with Gasteiger partial charge in [-0.3, -0.25) is 4.79 Å². The van der Waals surface area contributed by atoms with Crippen LogP contribution in [0.1, 0.15) is 26.7 Å². The second-order valence-electron chi connectivity index (χ2n) is 4.48. The van der Waals surface area contributed by atoms with Gasteiger partial charge in [-0.1, -0.05) is 13.3 Å². The number of hydrogen-bond acceptors (Lipinski definition) is 4. The SMILES string of the molecule is CCCC(C#N)C(=O)N1CCN(C(=O)OCC)CC1. The lowest BCUT2D eigenvalue weighted by molar-refractivity contribution is -0.135. The molecule has 0 aromatic rings. The number of hydrogen-bond donors (Lipinski definition) is 0. The van der Waals surface area contributed by atoms with Gasteiger partial charge in [-0.05, 0) is 13.3 Å². The van der Waals surface area contributed by atoms with E-state index >= 15 is 0 Å². The third kappa shape index (κ3) is 4.12. The smallest absolute Gasteiger partial charge is 0.409 e. The van der Waals surface area contributed by atoms with Gasteiger partial charge in [0.2, 0.25) is 5.91 Å². The van der Waals surface area contributed by atoms with Crippen molar-refractivity contribution in [2.75, 3.05) is 32.8 Å². The maximum absolute atomic E-state index is 12.1. The van der Waals surface area contributed by atoms with E-state index in [-0.39, 0.29) is 12.0 Å². The fourth-order valence-corrected chi connectivity index (χ4v) is 2.08. The Labute approximate surface area is 113 Å². The van der Waals surface area contributed by atoms with Crippen molar-refractivity contribution in [1.29, 1.82) is 5.26 Å². The quantitative estimate of drug-likeness (QED) is 0.767. The molecule has 0 spiro atoms. The van der Waals surface area contributed by atoms with Crippen LogP contribution in [-0.2, 0) is 9.53 Å². The van der Waals surface area contributed by atoms with Crippen molar-refractivity contribution in [1.82, 2.24) is 9.80 Å². The molecule has 0 bridgehead atoms. The summed E-state index contributed by atoms with van der Waals surface area (Å²) in [4.78, 5) is 26.9. The van der Waals surface area contributed by atoms with Crippen molar-refractivity contribution in [2.24, 2.45) is 5.92 Å². The molecule has 6 heteroatoms. The third-order valence-electron chi connectivity index (χ3n) is 3.15. The number of nitriles is 1. The summed E-state index contributed by atoms with van der Waals surface area (Å²) in [5.74, 6) is -0.674. The van der Waals surface area contributed by atoms with E-state index in [4.69, 9.17) is 10.00 Å². The van der Waals surface area contributed by atoms with E-state index in [1.807, 2.05) is 6.92 Å². The van der Waals surface area contributed by atoms with E-state index in [0.29, 0.717) is 39.2 Å². The minimum absolute atomic E-state index is 0.118. The second-order valence-corrected chi connectivity index (χ2v) is 4.48. The molecule has 1 fully saturated rings. The number of carbonyl (C=O) groups is 2. The van der Waals surface area contributed by atoms with Gasteiger partial charge in [-0.25, -0.2) is 4.79 Å². The first-order valence-electron chi connectivity index (χ1n) is 6.74. The molecule has 1 aliphatic heterocycles. The number of amides is 2. The topological polar surface area (TPSA) is 73.6 Å². The minimum atomic E-state index is -0.556. The van der Waals surface area contributed by atoms with E-state index in [1.54, 1.807) is 16.7 Å². The van der Waals surface area contributed by atoms with Crippen LogP contribution in [0.4, 0.5) is 4.79 Å². The van der Waals surface area contributed by atoms with Gasteiger partial charge in [0.1, 0.15) is 5.92 Å². The molecule has 1 aliphatic rings. The molecule has 1 heterocycles. The average Bonchev–Trinajstić information content (AvgIpc) is 2.44. The minimum Gasteiger partial charge on any atom is -0.450 e. The molecule has 106 valence electrons. The van der Waals surface area contributed by atoms with Gasteiger partial charge >= 0.3 is 6.09 Å². The second kappa shape index (κ2) is 7.62. The van der Waals surface area contributed by atoms with E-state index in [1.165, 1.54) is 0 Å². The van der Waals surface area contributed by atoms with Crippen molar-refractivity contribution < 1.29 is 14.3 Å². The first-order chi connectivity index (χ1) is 9.13. The predicted octanol–water partition coefficient (Wildman–Crippen LogP) is 1.23. The molecule has 2 amide bonds.